The molecule has 0 spiro atoms. The lowest BCUT2D eigenvalue weighted by molar-refractivity contribution is 0.0752. The Balaban J connectivity index is 2.94. The third-order valence-corrected chi connectivity index (χ3v) is 3.44. The van der Waals surface area contributed by atoms with Crippen LogP contribution in [0.1, 0.15) is 24.2 Å². The van der Waals surface area contributed by atoms with Crippen molar-refractivity contribution >= 4 is 33.4 Å². The summed E-state index contributed by atoms with van der Waals surface area (Å²) >= 11 is 9.18. The zero-order valence-corrected chi connectivity index (χ0v) is 12.6. The van der Waals surface area contributed by atoms with E-state index in [-0.39, 0.29) is 11.8 Å². The molecular formula is C13H14BrClN2O. The molecule has 0 aliphatic rings. The summed E-state index contributed by atoms with van der Waals surface area (Å²) in [5.74, 6) is -0.275. The van der Waals surface area contributed by atoms with E-state index in [1.807, 2.05) is 6.92 Å². The van der Waals surface area contributed by atoms with Crippen LogP contribution in [0.3, 0.4) is 0 Å². The van der Waals surface area contributed by atoms with E-state index in [1.165, 1.54) is 0 Å². The van der Waals surface area contributed by atoms with Gasteiger partial charge < -0.3 is 4.90 Å². The number of rotatable bonds is 4. The van der Waals surface area contributed by atoms with Crippen LogP contribution in [0, 0.1) is 17.2 Å². The molecule has 0 N–H and O–H groups in total. The Bertz CT molecular complexity index is 484. The van der Waals surface area contributed by atoms with Crippen LogP contribution in [0.5, 0.6) is 0 Å². The van der Waals surface area contributed by atoms with Crippen LogP contribution in [-0.2, 0) is 0 Å². The van der Waals surface area contributed by atoms with Gasteiger partial charge in [0, 0.05) is 22.6 Å². The first-order chi connectivity index (χ1) is 8.49. The minimum Gasteiger partial charge on any atom is -0.338 e. The standard InChI is InChI=1S/C13H14BrClN2O/c1-3-17(8-9(2)7-16)13(18)11-5-4-10(15)6-12(11)14/h4-6,9H,3,8H2,1-2H3. The van der Waals surface area contributed by atoms with Crippen LogP contribution in [0.2, 0.25) is 5.02 Å². The van der Waals surface area contributed by atoms with Crippen molar-refractivity contribution in [2.24, 2.45) is 5.92 Å². The molecule has 0 aliphatic carbocycles. The molecule has 0 aliphatic heterocycles. The molecule has 1 rings (SSSR count). The fraction of sp³-hybridized carbons (Fsp3) is 0.385. The zero-order chi connectivity index (χ0) is 13.7. The maximum atomic E-state index is 12.3. The summed E-state index contributed by atoms with van der Waals surface area (Å²) in [6.45, 7) is 4.69. The van der Waals surface area contributed by atoms with Crippen LogP contribution in [-0.4, -0.2) is 23.9 Å². The average molecular weight is 330 g/mol. The largest absolute Gasteiger partial charge is 0.338 e. The summed E-state index contributed by atoms with van der Waals surface area (Å²) in [7, 11) is 0. The van der Waals surface area contributed by atoms with E-state index in [0.717, 1.165) is 0 Å². The Morgan fingerprint density at radius 3 is 2.78 bits per heavy atom. The third kappa shape index (κ3) is 3.72. The first-order valence-corrected chi connectivity index (χ1v) is 6.80. The van der Waals surface area contributed by atoms with Crippen molar-refractivity contribution in [2.75, 3.05) is 13.1 Å². The molecule has 1 unspecified atom stereocenters. The highest BCUT2D eigenvalue weighted by molar-refractivity contribution is 9.10. The lowest BCUT2D eigenvalue weighted by Gasteiger charge is -2.22. The smallest absolute Gasteiger partial charge is 0.255 e. The highest BCUT2D eigenvalue weighted by Gasteiger charge is 2.18. The van der Waals surface area contributed by atoms with Crippen molar-refractivity contribution < 1.29 is 4.79 Å². The lowest BCUT2D eigenvalue weighted by atomic mass is 10.1. The van der Waals surface area contributed by atoms with E-state index in [2.05, 4.69) is 22.0 Å². The van der Waals surface area contributed by atoms with Crippen molar-refractivity contribution in [2.45, 2.75) is 13.8 Å². The average Bonchev–Trinajstić information content (AvgIpc) is 2.34. The normalized spacial score (nSPS) is 11.7. The van der Waals surface area contributed by atoms with Crippen molar-refractivity contribution in [1.29, 1.82) is 5.26 Å². The van der Waals surface area contributed by atoms with Crippen molar-refractivity contribution in [3.05, 3.63) is 33.3 Å². The van der Waals surface area contributed by atoms with Crippen LogP contribution < -0.4 is 0 Å². The molecule has 18 heavy (non-hydrogen) atoms. The molecule has 5 heteroatoms. The van der Waals surface area contributed by atoms with E-state index >= 15 is 0 Å². The van der Waals surface area contributed by atoms with Crippen LogP contribution >= 0.6 is 27.5 Å². The van der Waals surface area contributed by atoms with Crippen LogP contribution in [0.25, 0.3) is 0 Å². The summed E-state index contributed by atoms with van der Waals surface area (Å²) in [6.07, 6.45) is 0. The van der Waals surface area contributed by atoms with Crippen LogP contribution in [0.15, 0.2) is 22.7 Å². The molecule has 0 bridgehead atoms. The van der Waals surface area contributed by atoms with Crippen LogP contribution in [0.4, 0.5) is 0 Å². The molecule has 3 nitrogen and oxygen atoms in total. The summed E-state index contributed by atoms with van der Waals surface area (Å²) in [4.78, 5) is 14.0. The number of hydrogen-bond donors (Lipinski definition) is 0. The molecule has 0 aromatic heterocycles. The van der Waals surface area contributed by atoms with Gasteiger partial charge in [0.05, 0.1) is 17.6 Å². The molecular weight excluding hydrogens is 316 g/mol. The lowest BCUT2D eigenvalue weighted by Crippen LogP contribution is -2.34. The second-order valence-electron chi connectivity index (χ2n) is 4.00. The van der Waals surface area contributed by atoms with E-state index in [9.17, 15) is 4.79 Å². The Morgan fingerprint density at radius 1 is 1.61 bits per heavy atom. The Morgan fingerprint density at radius 2 is 2.28 bits per heavy atom. The molecule has 1 atom stereocenters. The molecule has 0 fully saturated rings. The predicted molar refractivity (Wildman–Crippen MR) is 75.5 cm³/mol. The second-order valence-corrected chi connectivity index (χ2v) is 5.29. The quantitative estimate of drug-likeness (QED) is 0.845. The minimum absolute atomic E-state index is 0.0943. The maximum Gasteiger partial charge on any atom is 0.255 e. The molecule has 1 amide bonds. The Kier molecular flexibility index (Phi) is 5.64. The number of benzene rings is 1. The summed E-state index contributed by atoms with van der Waals surface area (Å²) in [5, 5.41) is 9.38. The van der Waals surface area contributed by atoms with Gasteiger partial charge in [-0.15, -0.1) is 0 Å². The van der Waals surface area contributed by atoms with Gasteiger partial charge in [-0.25, -0.2) is 0 Å². The highest BCUT2D eigenvalue weighted by atomic mass is 79.9. The minimum atomic E-state index is -0.181. The molecule has 1 aromatic rings. The van der Waals surface area contributed by atoms with E-state index in [1.54, 1.807) is 30.0 Å². The van der Waals surface area contributed by atoms with E-state index in [0.29, 0.717) is 28.1 Å². The number of hydrogen-bond acceptors (Lipinski definition) is 2. The predicted octanol–water partition coefficient (Wildman–Crippen LogP) is 3.72. The van der Waals surface area contributed by atoms with Gasteiger partial charge in [0.25, 0.3) is 5.91 Å². The van der Waals surface area contributed by atoms with Gasteiger partial charge in [0.2, 0.25) is 0 Å². The second kappa shape index (κ2) is 6.77. The fourth-order valence-electron chi connectivity index (χ4n) is 1.56. The maximum absolute atomic E-state index is 12.3. The molecule has 0 radical (unpaired) electrons. The van der Waals surface area contributed by atoms with E-state index < -0.39 is 0 Å². The molecule has 0 saturated carbocycles. The summed E-state index contributed by atoms with van der Waals surface area (Å²) in [6, 6.07) is 7.19. The first-order valence-electron chi connectivity index (χ1n) is 5.63. The number of carbonyl (C=O) groups excluding carboxylic acids is 1. The molecule has 1 aromatic carbocycles. The van der Waals surface area contributed by atoms with Gasteiger partial charge in [-0.2, -0.15) is 5.26 Å². The van der Waals surface area contributed by atoms with Gasteiger partial charge in [-0.1, -0.05) is 11.6 Å². The van der Waals surface area contributed by atoms with Crippen molar-refractivity contribution in [3.8, 4) is 6.07 Å². The summed E-state index contributed by atoms with van der Waals surface area (Å²) < 4.78 is 0.670. The third-order valence-electron chi connectivity index (χ3n) is 2.55. The zero-order valence-electron chi connectivity index (χ0n) is 10.3. The topological polar surface area (TPSA) is 44.1 Å². The number of carbonyl (C=O) groups is 1. The Labute approximate surface area is 120 Å². The first kappa shape index (κ1) is 15.0. The van der Waals surface area contributed by atoms with Gasteiger partial charge in [-0.3, -0.25) is 4.79 Å². The highest BCUT2D eigenvalue weighted by Crippen LogP contribution is 2.23. The number of amides is 1. The van der Waals surface area contributed by atoms with Crippen molar-refractivity contribution in [1.82, 2.24) is 4.90 Å². The summed E-state index contributed by atoms with van der Waals surface area (Å²) in [5.41, 5.74) is 0.561. The van der Waals surface area contributed by atoms with Gasteiger partial charge in [0.1, 0.15) is 0 Å². The molecule has 96 valence electrons. The molecule has 0 heterocycles. The van der Waals surface area contributed by atoms with Gasteiger partial charge in [0.15, 0.2) is 0 Å². The van der Waals surface area contributed by atoms with E-state index in [4.69, 9.17) is 16.9 Å². The number of halogens is 2. The molecule has 0 saturated heterocycles. The van der Waals surface area contributed by atoms with Gasteiger partial charge in [-0.05, 0) is 48.0 Å². The fourth-order valence-corrected chi connectivity index (χ4v) is 2.41. The monoisotopic (exact) mass is 328 g/mol. The Hall–Kier alpha value is -1.05. The van der Waals surface area contributed by atoms with Gasteiger partial charge >= 0.3 is 0 Å². The number of nitriles is 1. The number of nitrogens with zero attached hydrogens (tertiary/aromatic N) is 2. The SMILES string of the molecule is CCN(CC(C)C#N)C(=O)c1ccc(Cl)cc1Br. The van der Waals surface area contributed by atoms with Crippen molar-refractivity contribution in [3.63, 3.8) is 0 Å².